The molecule has 0 bridgehead atoms. The van der Waals surface area contributed by atoms with Gasteiger partial charge in [0.05, 0.1) is 17.1 Å². The van der Waals surface area contributed by atoms with Crippen LogP contribution in [0.5, 0.6) is 0 Å². The highest BCUT2D eigenvalue weighted by Gasteiger charge is 2.05. The maximum atomic E-state index is 9.00. The van der Waals surface area contributed by atoms with E-state index in [0.29, 0.717) is 12.4 Å². The third-order valence-corrected chi connectivity index (χ3v) is 2.03. The Morgan fingerprint density at radius 3 is 2.71 bits per heavy atom. The molecule has 4 nitrogen and oxygen atoms in total. The molecule has 0 saturated heterocycles. The van der Waals surface area contributed by atoms with E-state index < -0.39 is 0 Å². The van der Waals surface area contributed by atoms with Crippen molar-refractivity contribution < 1.29 is 5.11 Å². The SMILES string of the molecule is C=CCC(CO)Nc1ncc(Br)cn1. The molecule has 0 fully saturated rings. The van der Waals surface area contributed by atoms with Crippen LogP contribution in [0.1, 0.15) is 6.42 Å². The van der Waals surface area contributed by atoms with Crippen LogP contribution in [0.2, 0.25) is 0 Å². The van der Waals surface area contributed by atoms with Crippen LogP contribution < -0.4 is 5.32 Å². The van der Waals surface area contributed by atoms with E-state index in [2.05, 4.69) is 37.8 Å². The van der Waals surface area contributed by atoms with Gasteiger partial charge in [-0.15, -0.1) is 6.58 Å². The van der Waals surface area contributed by atoms with Crippen LogP contribution in [0.3, 0.4) is 0 Å². The molecule has 1 heterocycles. The predicted octanol–water partition coefficient (Wildman–Crippen LogP) is 1.59. The third kappa shape index (κ3) is 3.43. The molecule has 5 heteroatoms. The summed E-state index contributed by atoms with van der Waals surface area (Å²) in [7, 11) is 0. The lowest BCUT2D eigenvalue weighted by Crippen LogP contribution is -2.24. The molecular formula is C9H12BrN3O. The molecule has 1 atom stereocenters. The number of aliphatic hydroxyl groups excluding tert-OH is 1. The quantitative estimate of drug-likeness (QED) is 0.787. The van der Waals surface area contributed by atoms with Gasteiger partial charge in [0.1, 0.15) is 0 Å². The van der Waals surface area contributed by atoms with E-state index >= 15 is 0 Å². The second kappa shape index (κ2) is 5.72. The van der Waals surface area contributed by atoms with Crippen molar-refractivity contribution in [3.63, 3.8) is 0 Å². The molecule has 1 rings (SSSR count). The predicted molar refractivity (Wildman–Crippen MR) is 59.0 cm³/mol. The van der Waals surface area contributed by atoms with Crippen molar-refractivity contribution in [3.8, 4) is 0 Å². The minimum absolute atomic E-state index is 0.0332. The van der Waals surface area contributed by atoms with Crippen LogP contribution >= 0.6 is 15.9 Å². The van der Waals surface area contributed by atoms with Crippen LogP contribution in [-0.4, -0.2) is 27.7 Å². The molecule has 0 aliphatic heterocycles. The zero-order valence-corrected chi connectivity index (χ0v) is 9.24. The van der Waals surface area contributed by atoms with Gasteiger partial charge in [0.15, 0.2) is 0 Å². The average Bonchev–Trinajstić information content (AvgIpc) is 2.20. The van der Waals surface area contributed by atoms with Crippen LogP contribution in [0, 0.1) is 0 Å². The number of halogens is 1. The van der Waals surface area contributed by atoms with Crippen molar-refractivity contribution in [2.24, 2.45) is 0 Å². The van der Waals surface area contributed by atoms with Crippen molar-refractivity contribution in [1.82, 2.24) is 9.97 Å². The number of hydrogen-bond donors (Lipinski definition) is 2. The van der Waals surface area contributed by atoms with Crippen molar-refractivity contribution >= 4 is 21.9 Å². The summed E-state index contributed by atoms with van der Waals surface area (Å²) in [5, 5.41) is 12.0. The van der Waals surface area contributed by atoms with Crippen LogP contribution in [0.4, 0.5) is 5.95 Å². The standard InChI is InChI=1S/C9H12BrN3O/c1-2-3-8(6-14)13-9-11-4-7(10)5-12-9/h2,4-5,8,14H,1,3,6H2,(H,11,12,13). The van der Waals surface area contributed by atoms with Crippen molar-refractivity contribution in [3.05, 3.63) is 29.5 Å². The molecule has 0 radical (unpaired) electrons. The molecule has 2 N–H and O–H groups in total. The molecule has 0 aromatic carbocycles. The molecule has 1 unspecified atom stereocenters. The number of nitrogens with one attached hydrogen (secondary N) is 1. The number of aromatic nitrogens is 2. The minimum Gasteiger partial charge on any atom is -0.394 e. The molecule has 0 saturated carbocycles. The lowest BCUT2D eigenvalue weighted by molar-refractivity contribution is 0.274. The van der Waals surface area contributed by atoms with E-state index in [9.17, 15) is 0 Å². The van der Waals surface area contributed by atoms with Crippen LogP contribution in [0.25, 0.3) is 0 Å². The van der Waals surface area contributed by atoms with E-state index in [1.165, 1.54) is 0 Å². The van der Waals surface area contributed by atoms with Crippen LogP contribution in [0.15, 0.2) is 29.5 Å². The lowest BCUT2D eigenvalue weighted by atomic mass is 10.2. The average molecular weight is 258 g/mol. The number of nitrogens with zero attached hydrogens (tertiary/aromatic N) is 2. The Hall–Kier alpha value is -0.940. The Labute approximate surface area is 91.2 Å². The van der Waals surface area contributed by atoms with E-state index in [1.807, 2.05) is 0 Å². The van der Waals surface area contributed by atoms with E-state index in [-0.39, 0.29) is 12.6 Å². The minimum atomic E-state index is -0.0753. The summed E-state index contributed by atoms with van der Waals surface area (Å²) in [5.41, 5.74) is 0. The van der Waals surface area contributed by atoms with Gasteiger partial charge in [0.2, 0.25) is 5.95 Å². The summed E-state index contributed by atoms with van der Waals surface area (Å²) in [5.74, 6) is 0.508. The molecule has 14 heavy (non-hydrogen) atoms. The summed E-state index contributed by atoms with van der Waals surface area (Å²) in [6, 6.07) is -0.0753. The first-order valence-corrected chi connectivity index (χ1v) is 5.01. The van der Waals surface area contributed by atoms with Crippen molar-refractivity contribution in [1.29, 1.82) is 0 Å². The van der Waals surface area contributed by atoms with Gasteiger partial charge in [-0.25, -0.2) is 9.97 Å². The van der Waals surface area contributed by atoms with E-state index in [4.69, 9.17) is 5.11 Å². The van der Waals surface area contributed by atoms with Gasteiger partial charge in [-0.05, 0) is 22.4 Å². The van der Waals surface area contributed by atoms with Crippen molar-refractivity contribution in [2.45, 2.75) is 12.5 Å². The Balaban J connectivity index is 2.57. The fraction of sp³-hybridized carbons (Fsp3) is 0.333. The first kappa shape index (κ1) is 11.1. The fourth-order valence-corrected chi connectivity index (χ4v) is 1.15. The number of anilines is 1. The zero-order valence-electron chi connectivity index (χ0n) is 7.65. The fourth-order valence-electron chi connectivity index (χ4n) is 0.950. The number of rotatable bonds is 5. The smallest absolute Gasteiger partial charge is 0.222 e. The second-order valence-electron chi connectivity index (χ2n) is 2.77. The van der Waals surface area contributed by atoms with Gasteiger partial charge < -0.3 is 10.4 Å². The molecule has 1 aromatic heterocycles. The summed E-state index contributed by atoms with van der Waals surface area (Å²) >= 11 is 3.24. The van der Waals surface area contributed by atoms with Crippen molar-refractivity contribution in [2.75, 3.05) is 11.9 Å². The highest BCUT2D eigenvalue weighted by Crippen LogP contribution is 2.08. The van der Waals surface area contributed by atoms with Gasteiger partial charge in [-0.1, -0.05) is 6.08 Å². The summed E-state index contributed by atoms with van der Waals surface area (Å²) in [6.07, 6.45) is 5.72. The maximum absolute atomic E-state index is 9.00. The highest BCUT2D eigenvalue weighted by molar-refractivity contribution is 9.10. The van der Waals surface area contributed by atoms with Crippen LogP contribution in [-0.2, 0) is 0 Å². The Morgan fingerprint density at radius 2 is 2.21 bits per heavy atom. The number of hydrogen-bond acceptors (Lipinski definition) is 4. The van der Waals surface area contributed by atoms with Gasteiger partial charge in [-0.2, -0.15) is 0 Å². The van der Waals surface area contributed by atoms with E-state index in [1.54, 1.807) is 18.5 Å². The second-order valence-corrected chi connectivity index (χ2v) is 3.69. The Kier molecular flexibility index (Phi) is 4.55. The lowest BCUT2D eigenvalue weighted by Gasteiger charge is -2.13. The molecule has 0 spiro atoms. The maximum Gasteiger partial charge on any atom is 0.222 e. The molecule has 0 aliphatic carbocycles. The molecule has 0 aliphatic rings. The topological polar surface area (TPSA) is 58.0 Å². The monoisotopic (exact) mass is 257 g/mol. The van der Waals surface area contributed by atoms with Gasteiger partial charge >= 0.3 is 0 Å². The molecule has 0 amide bonds. The summed E-state index contributed by atoms with van der Waals surface area (Å²) in [4.78, 5) is 8.07. The zero-order chi connectivity index (χ0) is 10.4. The van der Waals surface area contributed by atoms with Gasteiger partial charge in [-0.3, -0.25) is 0 Å². The van der Waals surface area contributed by atoms with E-state index in [0.717, 1.165) is 4.47 Å². The third-order valence-electron chi connectivity index (χ3n) is 1.63. The van der Waals surface area contributed by atoms with Gasteiger partial charge in [0.25, 0.3) is 0 Å². The molecule has 1 aromatic rings. The number of aliphatic hydroxyl groups is 1. The summed E-state index contributed by atoms with van der Waals surface area (Å²) < 4.78 is 0.826. The highest BCUT2D eigenvalue weighted by atomic mass is 79.9. The summed E-state index contributed by atoms with van der Waals surface area (Å²) in [6.45, 7) is 3.64. The molecular weight excluding hydrogens is 246 g/mol. The largest absolute Gasteiger partial charge is 0.394 e. The Morgan fingerprint density at radius 1 is 1.57 bits per heavy atom. The first-order chi connectivity index (χ1) is 6.76. The normalized spacial score (nSPS) is 12.1. The molecule has 76 valence electrons. The first-order valence-electron chi connectivity index (χ1n) is 4.22. The van der Waals surface area contributed by atoms with Gasteiger partial charge in [0, 0.05) is 12.4 Å². The Bertz CT molecular complexity index is 289.